The molecule has 1 aromatic carbocycles. The Labute approximate surface area is 207 Å². The van der Waals surface area contributed by atoms with E-state index in [1.165, 1.54) is 0 Å². The van der Waals surface area contributed by atoms with Crippen LogP contribution in [0.25, 0.3) is 10.9 Å². The molecule has 3 fully saturated rings. The van der Waals surface area contributed by atoms with Gasteiger partial charge in [0, 0.05) is 18.1 Å². The number of ether oxygens (including phenoxy) is 1. The fourth-order valence-corrected chi connectivity index (χ4v) is 5.56. The molecular weight excluding hydrogens is 474 g/mol. The standard InChI is InChI=1S/C25H29ClF2N6O/c1-14-6-17-9-29-25(32-22-10-30-34(24(22)26)18-2-3-18)31-21(17)8-16(14)7-15-4-5-33(11-19(15)27)23-13-35-12-20(23)28/h6,8-10,15,18-20,23H,2-5,7,11-13H2,1H3,(H,29,31,32). The van der Waals surface area contributed by atoms with Crippen LogP contribution in [0.4, 0.5) is 20.4 Å². The van der Waals surface area contributed by atoms with E-state index < -0.39 is 12.3 Å². The minimum atomic E-state index is -1.03. The summed E-state index contributed by atoms with van der Waals surface area (Å²) in [6, 6.07) is 4.16. The highest BCUT2D eigenvalue weighted by Crippen LogP contribution is 2.39. The molecule has 0 spiro atoms. The molecule has 4 unspecified atom stereocenters. The van der Waals surface area contributed by atoms with E-state index in [1.54, 1.807) is 12.4 Å². The van der Waals surface area contributed by atoms with Gasteiger partial charge in [-0.1, -0.05) is 11.6 Å². The van der Waals surface area contributed by atoms with Crippen LogP contribution in [-0.4, -0.2) is 69.3 Å². The second kappa shape index (κ2) is 9.26. The number of nitrogens with zero attached hydrogens (tertiary/aromatic N) is 5. The zero-order valence-electron chi connectivity index (χ0n) is 19.6. The number of fused-ring (bicyclic) bond motifs is 1. The summed E-state index contributed by atoms with van der Waals surface area (Å²) in [4.78, 5) is 11.1. The average Bonchev–Trinajstić information content (AvgIpc) is 3.49. The molecule has 186 valence electrons. The summed E-state index contributed by atoms with van der Waals surface area (Å²) in [5, 5.41) is 9.04. The molecule has 1 aliphatic carbocycles. The number of alkyl halides is 2. The van der Waals surface area contributed by atoms with Crippen molar-refractivity contribution in [3.8, 4) is 0 Å². The predicted octanol–water partition coefficient (Wildman–Crippen LogP) is 4.81. The van der Waals surface area contributed by atoms with Gasteiger partial charge in [0.25, 0.3) is 0 Å². The van der Waals surface area contributed by atoms with E-state index in [2.05, 4.69) is 21.5 Å². The first-order chi connectivity index (χ1) is 17.0. The molecule has 3 aromatic rings. The Morgan fingerprint density at radius 1 is 1.14 bits per heavy atom. The van der Waals surface area contributed by atoms with Gasteiger partial charge in [-0.15, -0.1) is 0 Å². The van der Waals surface area contributed by atoms with E-state index in [0.29, 0.717) is 48.8 Å². The quantitative estimate of drug-likeness (QED) is 0.522. The van der Waals surface area contributed by atoms with Crippen LogP contribution in [0.5, 0.6) is 0 Å². The van der Waals surface area contributed by atoms with E-state index in [1.807, 2.05) is 22.6 Å². The van der Waals surface area contributed by atoms with Gasteiger partial charge in [-0.2, -0.15) is 5.10 Å². The Hall–Kier alpha value is -2.36. The fraction of sp³-hybridized carbons (Fsp3) is 0.560. The van der Waals surface area contributed by atoms with Crippen molar-refractivity contribution in [1.82, 2.24) is 24.6 Å². The molecule has 1 saturated carbocycles. The average molecular weight is 503 g/mol. The highest BCUT2D eigenvalue weighted by atomic mass is 35.5. The van der Waals surface area contributed by atoms with Crippen LogP contribution >= 0.6 is 11.6 Å². The van der Waals surface area contributed by atoms with Crippen molar-refractivity contribution in [3.05, 3.63) is 40.8 Å². The largest absolute Gasteiger partial charge is 0.377 e. The van der Waals surface area contributed by atoms with E-state index in [9.17, 15) is 4.39 Å². The molecule has 35 heavy (non-hydrogen) atoms. The normalized spacial score (nSPS) is 27.5. The molecule has 2 aliphatic heterocycles. The molecule has 3 aliphatic rings. The number of benzene rings is 1. The summed E-state index contributed by atoms with van der Waals surface area (Å²) in [5.74, 6) is 0.343. The van der Waals surface area contributed by atoms with Crippen LogP contribution in [0, 0.1) is 12.8 Å². The van der Waals surface area contributed by atoms with Crippen molar-refractivity contribution in [2.75, 3.05) is 31.6 Å². The maximum absolute atomic E-state index is 15.2. The zero-order chi connectivity index (χ0) is 24.1. The fourth-order valence-electron chi connectivity index (χ4n) is 5.28. The monoisotopic (exact) mass is 502 g/mol. The van der Waals surface area contributed by atoms with Crippen molar-refractivity contribution in [2.24, 2.45) is 5.92 Å². The van der Waals surface area contributed by atoms with Crippen molar-refractivity contribution < 1.29 is 13.5 Å². The molecule has 7 nitrogen and oxygen atoms in total. The van der Waals surface area contributed by atoms with E-state index in [0.717, 1.165) is 34.9 Å². The highest BCUT2D eigenvalue weighted by Gasteiger charge is 2.38. The number of aromatic nitrogens is 4. The molecule has 10 heteroatoms. The van der Waals surface area contributed by atoms with Crippen molar-refractivity contribution >= 4 is 34.1 Å². The van der Waals surface area contributed by atoms with E-state index in [4.69, 9.17) is 21.3 Å². The van der Waals surface area contributed by atoms with Crippen molar-refractivity contribution in [3.63, 3.8) is 0 Å². The van der Waals surface area contributed by atoms with Gasteiger partial charge in [0.2, 0.25) is 5.95 Å². The van der Waals surface area contributed by atoms with Gasteiger partial charge in [0.15, 0.2) is 5.15 Å². The van der Waals surface area contributed by atoms with Gasteiger partial charge in [0.1, 0.15) is 12.3 Å². The van der Waals surface area contributed by atoms with Gasteiger partial charge >= 0.3 is 0 Å². The molecule has 0 amide bonds. The zero-order valence-corrected chi connectivity index (χ0v) is 20.4. The lowest BCUT2D eigenvalue weighted by molar-refractivity contribution is 0.0373. The molecule has 0 bridgehead atoms. The Kier molecular flexibility index (Phi) is 6.10. The Morgan fingerprint density at radius 2 is 2.00 bits per heavy atom. The minimum Gasteiger partial charge on any atom is -0.377 e. The SMILES string of the molecule is Cc1cc2cnc(Nc3cnn(C4CC4)c3Cl)nc2cc1CC1CCN(C2COCC2F)CC1F. The maximum atomic E-state index is 15.2. The van der Waals surface area contributed by atoms with Crippen molar-refractivity contribution in [2.45, 2.75) is 57.0 Å². The predicted molar refractivity (Wildman–Crippen MR) is 131 cm³/mol. The second-order valence-electron chi connectivity index (χ2n) is 10.1. The summed E-state index contributed by atoms with van der Waals surface area (Å²) < 4.78 is 36.3. The highest BCUT2D eigenvalue weighted by molar-refractivity contribution is 6.32. The lowest BCUT2D eigenvalue weighted by Gasteiger charge is -2.38. The Morgan fingerprint density at radius 3 is 2.74 bits per heavy atom. The van der Waals surface area contributed by atoms with Crippen LogP contribution in [0.2, 0.25) is 5.15 Å². The van der Waals surface area contributed by atoms with Crippen LogP contribution in [0.3, 0.4) is 0 Å². The number of aryl methyl sites for hydroxylation is 1. The van der Waals surface area contributed by atoms with E-state index >= 15 is 4.39 Å². The third kappa shape index (κ3) is 4.61. The number of rotatable bonds is 6. The number of piperidine rings is 1. The first-order valence-electron chi connectivity index (χ1n) is 12.3. The molecule has 0 radical (unpaired) electrons. The molecule has 1 N–H and O–H groups in total. The number of hydrogen-bond donors (Lipinski definition) is 1. The third-order valence-electron chi connectivity index (χ3n) is 7.55. The molecule has 4 atom stereocenters. The number of anilines is 2. The number of likely N-dealkylation sites (tertiary alicyclic amines) is 1. The number of nitrogens with one attached hydrogen (secondary N) is 1. The molecule has 6 rings (SSSR count). The van der Waals surface area contributed by atoms with Crippen molar-refractivity contribution in [1.29, 1.82) is 0 Å². The summed E-state index contributed by atoms with van der Waals surface area (Å²) in [6.07, 6.45) is 4.98. The van der Waals surface area contributed by atoms with Crippen LogP contribution < -0.4 is 5.32 Å². The smallest absolute Gasteiger partial charge is 0.227 e. The van der Waals surface area contributed by atoms with Crippen LogP contribution in [0.15, 0.2) is 24.5 Å². The lowest BCUT2D eigenvalue weighted by Crippen LogP contribution is -2.50. The molecular formula is C25H29ClF2N6O. The topological polar surface area (TPSA) is 68.1 Å². The molecule has 2 saturated heterocycles. The molecule has 2 aromatic heterocycles. The summed E-state index contributed by atoms with van der Waals surface area (Å²) in [5.41, 5.74) is 3.65. The number of halogens is 3. The first-order valence-corrected chi connectivity index (χ1v) is 12.7. The van der Waals surface area contributed by atoms with Gasteiger partial charge in [0.05, 0.1) is 42.7 Å². The Balaban J connectivity index is 1.17. The summed E-state index contributed by atoms with van der Waals surface area (Å²) in [7, 11) is 0. The van der Waals surface area contributed by atoms with Gasteiger partial charge < -0.3 is 10.1 Å². The lowest BCUT2D eigenvalue weighted by atomic mass is 9.86. The third-order valence-corrected chi connectivity index (χ3v) is 7.93. The maximum Gasteiger partial charge on any atom is 0.227 e. The summed E-state index contributed by atoms with van der Waals surface area (Å²) in [6.45, 7) is 3.46. The van der Waals surface area contributed by atoms with E-state index in [-0.39, 0.29) is 25.1 Å². The Bertz CT molecular complexity index is 1230. The second-order valence-corrected chi connectivity index (χ2v) is 10.4. The minimum absolute atomic E-state index is 0.103. The van der Waals surface area contributed by atoms with Crippen LogP contribution in [0.1, 0.15) is 36.4 Å². The molecule has 4 heterocycles. The van der Waals surface area contributed by atoms with Crippen LogP contribution in [-0.2, 0) is 11.2 Å². The van der Waals surface area contributed by atoms with Gasteiger partial charge in [-0.3, -0.25) is 4.90 Å². The number of hydrogen-bond acceptors (Lipinski definition) is 6. The summed E-state index contributed by atoms with van der Waals surface area (Å²) >= 11 is 6.47. The van der Waals surface area contributed by atoms with Gasteiger partial charge in [-0.25, -0.2) is 23.4 Å². The first kappa shape index (κ1) is 23.1. The van der Waals surface area contributed by atoms with Gasteiger partial charge in [-0.05, 0) is 68.3 Å².